The fourth-order valence-electron chi connectivity index (χ4n) is 1.06. The number of anilines is 2. The van der Waals surface area contributed by atoms with E-state index in [0.29, 0.717) is 11.4 Å². The second-order valence-electron chi connectivity index (χ2n) is 3.22. The summed E-state index contributed by atoms with van der Waals surface area (Å²) in [6, 6.07) is 6.28. The van der Waals surface area contributed by atoms with E-state index < -0.39 is 15.2 Å². The third kappa shape index (κ3) is 5.27. The maximum Gasteiger partial charge on any atom is 0.298 e. The van der Waals surface area contributed by atoms with Crippen LogP contribution in [0.15, 0.2) is 24.3 Å². The van der Waals surface area contributed by atoms with E-state index in [9.17, 15) is 9.13 Å². The molecule has 0 aliphatic rings. The number of nitrogens with one attached hydrogen (secondary N) is 2. The standard InChI is InChI=1S/C6H14N6O2P2/c7-15(8,13)11-5-2-1-3-6(4-5)12-16(9,10)14/h1-4H,(H5,7,8,11,13)(H5,9,10,12,14). The summed E-state index contributed by atoms with van der Waals surface area (Å²) >= 11 is 0. The van der Waals surface area contributed by atoms with Gasteiger partial charge in [0, 0.05) is 11.4 Å². The Morgan fingerprint density at radius 2 is 1.25 bits per heavy atom. The van der Waals surface area contributed by atoms with Crippen molar-refractivity contribution < 1.29 is 9.13 Å². The summed E-state index contributed by atoms with van der Waals surface area (Å²) < 4.78 is 22.2. The molecule has 10 heteroatoms. The van der Waals surface area contributed by atoms with E-state index in [0.717, 1.165) is 0 Å². The lowest BCUT2D eigenvalue weighted by atomic mass is 10.3. The van der Waals surface area contributed by atoms with E-state index in [1.807, 2.05) is 0 Å². The monoisotopic (exact) mass is 264 g/mol. The molecule has 0 saturated carbocycles. The number of rotatable bonds is 4. The molecule has 90 valence electrons. The predicted molar refractivity (Wildman–Crippen MR) is 65.7 cm³/mol. The maximum atomic E-state index is 11.1. The van der Waals surface area contributed by atoms with Crippen LogP contribution in [0.5, 0.6) is 0 Å². The van der Waals surface area contributed by atoms with Crippen LogP contribution >= 0.6 is 15.2 Å². The smallest absolute Gasteiger partial charge is 0.298 e. The first-order valence-corrected chi connectivity index (χ1v) is 7.86. The van der Waals surface area contributed by atoms with Gasteiger partial charge in [-0.3, -0.25) is 31.1 Å². The predicted octanol–water partition coefficient (Wildman–Crippen LogP) is 0.561. The third-order valence-electron chi connectivity index (χ3n) is 1.47. The van der Waals surface area contributed by atoms with Gasteiger partial charge in [-0.25, -0.2) is 0 Å². The zero-order chi connectivity index (χ0) is 12.4. The van der Waals surface area contributed by atoms with E-state index in [-0.39, 0.29) is 0 Å². The second kappa shape index (κ2) is 4.55. The number of nitrogens with two attached hydrogens (primary N) is 4. The number of hydrogen-bond donors (Lipinski definition) is 6. The highest BCUT2D eigenvalue weighted by atomic mass is 31.2. The minimum absolute atomic E-state index is 0.409. The van der Waals surface area contributed by atoms with Gasteiger partial charge in [0.1, 0.15) is 0 Å². The zero-order valence-corrected chi connectivity index (χ0v) is 10.1. The molecule has 1 aromatic rings. The summed E-state index contributed by atoms with van der Waals surface area (Å²) in [6.45, 7) is 0. The summed E-state index contributed by atoms with van der Waals surface area (Å²) in [5.41, 5.74) is 21.4. The lowest BCUT2D eigenvalue weighted by Gasteiger charge is -2.13. The maximum absolute atomic E-state index is 11.1. The molecule has 0 spiro atoms. The summed E-state index contributed by atoms with van der Waals surface area (Å²) in [7, 11) is -6.74. The van der Waals surface area contributed by atoms with Crippen LogP contribution in [-0.4, -0.2) is 0 Å². The van der Waals surface area contributed by atoms with Gasteiger partial charge in [-0.15, -0.1) is 0 Å². The van der Waals surface area contributed by atoms with E-state index in [1.165, 1.54) is 6.07 Å². The van der Waals surface area contributed by atoms with Crippen molar-refractivity contribution in [3.8, 4) is 0 Å². The topological polar surface area (TPSA) is 162 Å². The minimum Gasteiger partial charge on any atom is -0.313 e. The fraction of sp³-hybridized carbons (Fsp3) is 0. The Bertz CT molecular complexity index is 427. The molecule has 1 rings (SSSR count). The zero-order valence-electron chi connectivity index (χ0n) is 8.33. The molecule has 0 aliphatic carbocycles. The van der Waals surface area contributed by atoms with Crippen LogP contribution < -0.4 is 32.2 Å². The SMILES string of the molecule is NP(N)(=O)Nc1cccc(NP(N)(N)=O)c1. The van der Waals surface area contributed by atoms with Crippen LogP contribution in [0.2, 0.25) is 0 Å². The molecule has 0 radical (unpaired) electrons. The molecule has 8 nitrogen and oxygen atoms in total. The molecular formula is C6H14N6O2P2. The van der Waals surface area contributed by atoms with Crippen LogP contribution in [0.1, 0.15) is 0 Å². The summed E-state index contributed by atoms with van der Waals surface area (Å²) in [5.74, 6) is 0. The fourth-order valence-corrected chi connectivity index (χ4v) is 2.15. The van der Waals surface area contributed by atoms with Gasteiger partial charge in [0.15, 0.2) is 0 Å². The average molecular weight is 264 g/mol. The van der Waals surface area contributed by atoms with Gasteiger partial charge >= 0.3 is 0 Å². The molecule has 0 bridgehead atoms. The molecule has 16 heavy (non-hydrogen) atoms. The Hall–Kier alpha value is -0.880. The summed E-state index contributed by atoms with van der Waals surface area (Å²) in [5, 5.41) is 4.81. The molecule has 0 saturated heterocycles. The van der Waals surface area contributed by atoms with Gasteiger partial charge in [-0.2, -0.15) is 0 Å². The van der Waals surface area contributed by atoms with E-state index in [2.05, 4.69) is 10.2 Å². The van der Waals surface area contributed by atoms with Gasteiger partial charge < -0.3 is 10.2 Å². The Kier molecular flexibility index (Phi) is 3.75. The highest BCUT2D eigenvalue weighted by Crippen LogP contribution is 2.32. The Labute approximate surface area is 92.8 Å². The van der Waals surface area contributed by atoms with E-state index >= 15 is 0 Å². The van der Waals surface area contributed by atoms with Crippen LogP contribution in [0, 0.1) is 0 Å². The molecule has 0 fully saturated rings. The lowest BCUT2D eigenvalue weighted by Crippen LogP contribution is -2.14. The van der Waals surface area contributed by atoms with E-state index in [1.54, 1.807) is 18.2 Å². The quantitative estimate of drug-likeness (QED) is 0.429. The van der Waals surface area contributed by atoms with Crippen molar-refractivity contribution in [1.82, 2.24) is 0 Å². The largest absolute Gasteiger partial charge is 0.313 e. The molecule has 0 aliphatic heterocycles. The Morgan fingerprint density at radius 3 is 1.56 bits per heavy atom. The first-order valence-electron chi connectivity index (χ1n) is 4.17. The molecule has 1 aromatic carbocycles. The number of benzene rings is 1. The Balaban J connectivity index is 2.88. The van der Waals surface area contributed by atoms with Gasteiger partial charge in [0.25, 0.3) is 15.2 Å². The van der Waals surface area contributed by atoms with Crippen molar-refractivity contribution in [3.63, 3.8) is 0 Å². The molecule has 0 atom stereocenters. The lowest BCUT2D eigenvalue weighted by molar-refractivity contribution is 0.579. The normalized spacial score (nSPS) is 12.2. The van der Waals surface area contributed by atoms with Crippen molar-refractivity contribution in [2.45, 2.75) is 0 Å². The van der Waals surface area contributed by atoms with Crippen LogP contribution in [0.4, 0.5) is 11.4 Å². The molecule has 0 aromatic heterocycles. The summed E-state index contributed by atoms with van der Waals surface area (Å²) in [6.07, 6.45) is 0. The van der Waals surface area contributed by atoms with Gasteiger partial charge in [-0.1, -0.05) is 6.07 Å². The average Bonchev–Trinajstić information content (AvgIpc) is 1.96. The first-order chi connectivity index (χ1) is 7.16. The van der Waals surface area contributed by atoms with Crippen LogP contribution in [0.25, 0.3) is 0 Å². The first kappa shape index (κ1) is 13.2. The molecule has 0 heterocycles. The van der Waals surface area contributed by atoms with Crippen molar-refractivity contribution in [2.24, 2.45) is 22.0 Å². The highest BCUT2D eigenvalue weighted by molar-refractivity contribution is 7.60. The molecule has 0 amide bonds. The van der Waals surface area contributed by atoms with Crippen molar-refractivity contribution in [3.05, 3.63) is 24.3 Å². The number of hydrogen-bond acceptors (Lipinski definition) is 2. The van der Waals surface area contributed by atoms with Crippen molar-refractivity contribution >= 4 is 26.6 Å². The third-order valence-corrected chi connectivity index (χ3v) is 2.69. The molecule has 10 N–H and O–H groups in total. The van der Waals surface area contributed by atoms with Gasteiger partial charge in [0.05, 0.1) is 0 Å². The summed E-state index contributed by atoms with van der Waals surface area (Å²) in [4.78, 5) is 0. The molecular weight excluding hydrogens is 250 g/mol. The van der Waals surface area contributed by atoms with Crippen molar-refractivity contribution in [1.29, 1.82) is 0 Å². The Morgan fingerprint density at radius 1 is 0.875 bits per heavy atom. The van der Waals surface area contributed by atoms with Crippen LogP contribution in [0.3, 0.4) is 0 Å². The van der Waals surface area contributed by atoms with Crippen molar-refractivity contribution in [2.75, 3.05) is 10.2 Å². The second-order valence-corrected chi connectivity index (χ2v) is 6.51. The molecule has 0 unspecified atom stereocenters. The van der Waals surface area contributed by atoms with Gasteiger partial charge in [-0.05, 0) is 18.2 Å². The van der Waals surface area contributed by atoms with Gasteiger partial charge in [0.2, 0.25) is 0 Å². The van der Waals surface area contributed by atoms with Crippen LogP contribution in [-0.2, 0) is 9.13 Å². The minimum atomic E-state index is -3.37. The highest BCUT2D eigenvalue weighted by Gasteiger charge is 2.10. The van der Waals surface area contributed by atoms with E-state index in [4.69, 9.17) is 22.0 Å².